The highest BCUT2D eigenvalue weighted by atomic mass is 19.4. The molecular weight excluding hydrogens is 253 g/mol. The molecule has 1 atom stereocenters. The first kappa shape index (κ1) is 16.7. The number of hydrogen-bond acceptors (Lipinski definition) is 3. The molecule has 0 bridgehead atoms. The maximum Gasteiger partial charge on any atom is 0.415 e. The second-order valence-electron chi connectivity index (χ2n) is 4.61. The summed E-state index contributed by atoms with van der Waals surface area (Å²) in [6.45, 7) is 4.00. The number of carboxylic acids is 1. The fourth-order valence-electron chi connectivity index (χ4n) is 1.31. The van der Waals surface area contributed by atoms with Gasteiger partial charge in [-0.3, -0.25) is 4.79 Å². The highest BCUT2D eigenvalue weighted by molar-refractivity contribution is 5.92. The third-order valence-corrected chi connectivity index (χ3v) is 2.79. The summed E-state index contributed by atoms with van der Waals surface area (Å²) in [5.41, 5.74) is 0.120. The zero-order chi connectivity index (χ0) is 14.9. The second kappa shape index (κ2) is 4.75. The third-order valence-electron chi connectivity index (χ3n) is 2.79. The van der Waals surface area contributed by atoms with E-state index in [4.69, 9.17) is 10.8 Å². The normalized spacial score (nSPS) is 16.0. The van der Waals surface area contributed by atoms with Gasteiger partial charge in [0.25, 0.3) is 5.91 Å². The summed E-state index contributed by atoms with van der Waals surface area (Å²) in [6, 6.07) is 0. The summed E-state index contributed by atoms with van der Waals surface area (Å²) in [5, 5.41) is 8.94. The molecule has 1 unspecified atom stereocenters. The number of alkyl halides is 3. The quantitative estimate of drug-likeness (QED) is 0.797. The van der Waals surface area contributed by atoms with Gasteiger partial charge in [0.05, 0.1) is 0 Å². The number of nitrogens with two attached hydrogens (primary N) is 1. The molecule has 0 rings (SSSR count). The average molecular weight is 270 g/mol. The molecule has 18 heavy (non-hydrogen) atoms. The smallest absolute Gasteiger partial charge is 0.415 e. The van der Waals surface area contributed by atoms with Crippen LogP contribution in [0.15, 0.2) is 0 Å². The molecule has 0 aromatic carbocycles. The summed E-state index contributed by atoms with van der Waals surface area (Å²) in [7, 11) is 0. The van der Waals surface area contributed by atoms with Crippen LogP contribution in [-0.4, -0.2) is 45.7 Å². The maximum absolute atomic E-state index is 12.6. The van der Waals surface area contributed by atoms with Crippen molar-refractivity contribution in [2.24, 2.45) is 5.73 Å². The molecule has 0 aromatic rings. The first-order valence-corrected chi connectivity index (χ1v) is 5.21. The number of aliphatic carboxylic acids is 1. The lowest BCUT2D eigenvalue weighted by Crippen LogP contribution is -2.66. The predicted molar refractivity (Wildman–Crippen MR) is 57.7 cm³/mol. The van der Waals surface area contributed by atoms with Crippen molar-refractivity contribution in [3.8, 4) is 0 Å². The van der Waals surface area contributed by atoms with Crippen LogP contribution in [0.25, 0.3) is 0 Å². The largest absolute Gasteiger partial charge is 0.480 e. The van der Waals surface area contributed by atoms with Crippen molar-refractivity contribution in [2.45, 2.75) is 44.9 Å². The Kier molecular flexibility index (Phi) is 4.41. The van der Waals surface area contributed by atoms with E-state index in [0.29, 0.717) is 11.8 Å². The van der Waals surface area contributed by atoms with Gasteiger partial charge in [-0.05, 0) is 27.7 Å². The second-order valence-corrected chi connectivity index (χ2v) is 4.61. The van der Waals surface area contributed by atoms with Gasteiger partial charge in [0.2, 0.25) is 0 Å². The fraction of sp³-hybridized carbons (Fsp3) is 0.800. The van der Waals surface area contributed by atoms with Crippen LogP contribution in [-0.2, 0) is 9.59 Å². The Bertz CT molecular complexity index is 351. The number of carbonyl (C=O) groups excluding carboxylic acids is 1. The number of likely N-dealkylation sites (N-methyl/N-ethyl adjacent to an activating group) is 1. The molecule has 0 saturated heterocycles. The Morgan fingerprint density at radius 2 is 1.61 bits per heavy atom. The summed E-state index contributed by atoms with van der Waals surface area (Å²) in [5.74, 6) is -2.87. The SMILES string of the molecule is CCN(C(=O)C(C)(N)C(F)(F)F)C(C)(C)C(=O)O. The van der Waals surface area contributed by atoms with E-state index in [9.17, 15) is 22.8 Å². The van der Waals surface area contributed by atoms with Crippen molar-refractivity contribution in [2.75, 3.05) is 6.54 Å². The van der Waals surface area contributed by atoms with Crippen LogP contribution in [0.1, 0.15) is 27.7 Å². The van der Waals surface area contributed by atoms with Gasteiger partial charge in [0.15, 0.2) is 5.54 Å². The Morgan fingerprint density at radius 3 is 1.83 bits per heavy atom. The van der Waals surface area contributed by atoms with E-state index in [1.165, 1.54) is 6.92 Å². The lowest BCUT2D eigenvalue weighted by molar-refractivity contribution is -0.198. The molecule has 0 aliphatic carbocycles. The van der Waals surface area contributed by atoms with E-state index in [0.717, 1.165) is 13.8 Å². The average Bonchev–Trinajstić information content (AvgIpc) is 2.15. The maximum atomic E-state index is 12.6. The summed E-state index contributed by atoms with van der Waals surface area (Å²) < 4.78 is 37.9. The summed E-state index contributed by atoms with van der Waals surface area (Å²) >= 11 is 0. The first-order valence-electron chi connectivity index (χ1n) is 5.21. The van der Waals surface area contributed by atoms with E-state index in [-0.39, 0.29) is 6.54 Å². The van der Waals surface area contributed by atoms with E-state index in [2.05, 4.69) is 0 Å². The van der Waals surface area contributed by atoms with Crippen molar-refractivity contribution in [1.82, 2.24) is 4.90 Å². The minimum atomic E-state index is -4.95. The monoisotopic (exact) mass is 270 g/mol. The first-order chi connectivity index (χ1) is 7.80. The van der Waals surface area contributed by atoms with Gasteiger partial charge in [0, 0.05) is 6.54 Å². The Hall–Kier alpha value is -1.31. The molecule has 1 amide bonds. The lowest BCUT2D eigenvalue weighted by atomic mass is 9.95. The number of amides is 1. The molecule has 0 saturated carbocycles. The minimum absolute atomic E-state index is 0.193. The van der Waals surface area contributed by atoms with E-state index in [1.54, 1.807) is 0 Å². The number of carboxylic acid groups (broad SMARTS) is 1. The van der Waals surface area contributed by atoms with Gasteiger partial charge in [-0.2, -0.15) is 13.2 Å². The van der Waals surface area contributed by atoms with Gasteiger partial charge in [-0.15, -0.1) is 0 Å². The van der Waals surface area contributed by atoms with Crippen molar-refractivity contribution in [3.63, 3.8) is 0 Å². The number of carbonyl (C=O) groups is 2. The van der Waals surface area contributed by atoms with Crippen LogP contribution in [0.4, 0.5) is 13.2 Å². The zero-order valence-electron chi connectivity index (χ0n) is 10.6. The summed E-state index contributed by atoms with van der Waals surface area (Å²) in [4.78, 5) is 23.4. The zero-order valence-corrected chi connectivity index (χ0v) is 10.6. The van der Waals surface area contributed by atoms with Crippen LogP contribution < -0.4 is 5.73 Å². The predicted octanol–water partition coefficient (Wildman–Crippen LogP) is 0.978. The van der Waals surface area contributed by atoms with Crippen molar-refractivity contribution in [3.05, 3.63) is 0 Å². The highest BCUT2D eigenvalue weighted by Gasteiger charge is 2.57. The van der Waals surface area contributed by atoms with Crippen molar-refractivity contribution in [1.29, 1.82) is 0 Å². The van der Waals surface area contributed by atoms with Crippen LogP contribution in [0.5, 0.6) is 0 Å². The molecule has 0 aliphatic rings. The number of nitrogens with zero attached hydrogens (tertiary/aromatic N) is 1. The molecule has 8 heteroatoms. The minimum Gasteiger partial charge on any atom is -0.480 e. The Balaban J connectivity index is 5.49. The van der Waals surface area contributed by atoms with Crippen LogP contribution in [0.2, 0.25) is 0 Å². The van der Waals surface area contributed by atoms with Gasteiger partial charge in [0.1, 0.15) is 5.54 Å². The Labute approximate surface area is 103 Å². The summed E-state index contributed by atoms with van der Waals surface area (Å²) in [6.07, 6.45) is -4.95. The molecule has 0 aromatic heterocycles. The molecule has 0 spiro atoms. The standard InChI is InChI=1S/C10H17F3N2O3/c1-5-15(8(2,3)7(17)18)6(16)9(4,14)10(11,12)13/h5,14H2,1-4H3,(H,17,18). The fourth-order valence-corrected chi connectivity index (χ4v) is 1.31. The molecule has 5 nitrogen and oxygen atoms in total. The van der Waals surface area contributed by atoms with Crippen LogP contribution in [0, 0.1) is 0 Å². The van der Waals surface area contributed by atoms with Crippen molar-refractivity contribution >= 4 is 11.9 Å². The third kappa shape index (κ3) is 2.74. The highest BCUT2D eigenvalue weighted by Crippen LogP contribution is 2.31. The van der Waals surface area contributed by atoms with Crippen molar-refractivity contribution < 1.29 is 27.9 Å². The van der Waals surface area contributed by atoms with Crippen LogP contribution >= 0.6 is 0 Å². The topological polar surface area (TPSA) is 83.6 Å². The lowest BCUT2D eigenvalue weighted by Gasteiger charge is -2.39. The molecule has 3 N–H and O–H groups in total. The van der Waals surface area contributed by atoms with E-state index < -0.39 is 29.1 Å². The number of rotatable bonds is 4. The van der Waals surface area contributed by atoms with E-state index >= 15 is 0 Å². The molecule has 0 aliphatic heterocycles. The van der Waals surface area contributed by atoms with Gasteiger partial charge in [-0.25, -0.2) is 4.79 Å². The van der Waals surface area contributed by atoms with Gasteiger partial charge in [-0.1, -0.05) is 0 Å². The van der Waals surface area contributed by atoms with Gasteiger partial charge < -0.3 is 15.7 Å². The van der Waals surface area contributed by atoms with Gasteiger partial charge >= 0.3 is 12.1 Å². The Morgan fingerprint density at radius 1 is 1.22 bits per heavy atom. The molecule has 0 fully saturated rings. The molecule has 0 heterocycles. The molecule has 0 radical (unpaired) electrons. The number of hydrogen-bond donors (Lipinski definition) is 2. The van der Waals surface area contributed by atoms with Crippen LogP contribution in [0.3, 0.4) is 0 Å². The van der Waals surface area contributed by atoms with E-state index in [1.807, 2.05) is 0 Å². The molecule has 106 valence electrons. The molecular formula is C10H17F3N2O3. The number of halogens is 3.